The number of thioether (sulfide) groups is 1. The number of fused-ring (bicyclic) bond motifs is 1. The van der Waals surface area contributed by atoms with Crippen LogP contribution in [0, 0.1) is 5.41 Å². The number of benzene rings is 2. The maximum Gasteiger partial charge on any atom is 0.247 e. The van der Waals surface area contributed by atoms with E-state index >= 15 is 0 Å². The number of hydrogen-bond acceptors (Lipinski definition) is 6. The molecule has 4 aromatic rings. The third-order valence-electron chi connectivity index (χ3n) is 6.30. The largest absolute Gasteiger partial charge is 0.438 e. The molecular formula is C26H23N5O2S. The third-order valence-corrected chi connectivity index (χ3v) is 7.94. The Balaban J connectivity index is 1.22. The lowest BCUT2D eigenvalue weighted by Crippen LogP contribution is -2.63. The molecule has 2 saturated heterocycles. The van der Waals surface area contributed by atoms with Gasteiger partial charge in [-0.05, 0) is 42.0 Å². The van der Waals surface area contributed by atoms with Gasteiger partial charge in [-0.2, -0.15) is 11.8 Å². The van der Waals surface area contributed by atoms with Crippen molar-refractivity contribution in [2.24, 2.45) is 5.41 Å². The van der Waals surface area contributed by atoms with Crippen LogP contribution in [0.1, 0.15) is 0 Å². The monoisotopic (exact) mass is 469 g/mol. The van der Waals surface area contributed by atoms with E-state index in [1.165, 1.54) is 42.7 Å². The van der Waals surface area contributed by atoms with Crippen molar-refractivity contribution < 1.29 is 9.53 Å². The highest BCUT2D eigenvalue weighted by Gasteiger charge is 2.48. The standard InChI is InChI=1S/C26H23N5O2S/c1-2-23(32)29-18-4-3-5-20(10-18)33-25-21-11-22(30-24(21)27-16-28-25)17-6-8-19(9-7-17)31-12-26(13-31)14-34-15-26/h2-11,16H,1,12-15H2,(H,29,32)(H,27,28,30). The van der Waals surface area contributed by atoms with E-state index in [0.29, 0.717) is 28.4 Å². The number of carbonyl (C=O) groups excluding carboxylic acids is 1. The van der Waals surface area contributed by atoms with Gasteiger partial charge >= 0.3 is 0 Å². The van der Waals surface area contributed by atoms with Crippen molar-refractivity contribution >= 4 is 40.1 Å². The SMILES string of the molecule is C=CC(=O)Nc1cccc(Oc2ncnc3[nH]c(-c4ccc(N5CC6(CSC6)C5)cc4)cc23)c1. The average Bonchev–Trinajstić information content (AvgIpc) is 3.23. The van der Waals surface area contributed by atoms with E-state index in [1.54, 1.807) is 18.2 Å². The molecule has 34 heavy (non-hydrogen) atoms. The number of carbonyl (C=O) groups is 1. The van der Waals surface area contributed by atoms with E-state index < -0.39 is 0 Å². The lowest BCUT2D eigenvalue weighted by molar-refractivity contribution is -0.111. The van der Waals surface area contributed by atoms with Crippen molar-refractivity contribution in [1.82, 2.24) is 15.0 Å². The number of nitrogens with one attached hydrogen (secondary N) is 2. The minimum Gasteiger partial charge on any atom is -0.438 e. The molecule has 1 amide bonds. The van der Waals surface area contributed by atoms with E-state index in [9.17, 15) is 4.79 Å². The van der Waals surface area contributed by atoms with E-state index in [2.05, 4.69) is 67.8 Å². The van der Waals surface area contributed by atoms with Crippen LogP contribution in [0.5, 0.6) is 11.6 Å². The van der Waals surface area contributed by atoms with Crippen molar-refractivity contribution in [3.05, 3.63) is 73.6 Å². The Morgan fingerprint density at radius 2 is 1.97 bits per heavy atom. The van der Waals surface area contributed by atoms with E-state index in [1.807, 2.05) is 12.1 Å². The molecule has 2 N–H and O–H groups in total. The number of amides is 1. The molecule has 170 valence electrons. The maximum atomic E-state index is 11.6. The molecule has 2 aromatic heterocycles. The number of ether oxygens (including phenoxy) is 1. The summed E-state index contributed by atoms with van der Waals surface area (Å²) in [5.74, 6) is 3.33. The van der Waals surface area contributed by atoms with Gasteiger partial charge in [0.25, 0.3) is 0 Å². The topological polar surface area (TPSA) is 83.1 Å². The van der Waals surface area contributed by atoms with E-state index in [0.717, 1.165) is 16.6 Å². The zero-order valence-corrected chi connectivity index (χ0v) is 19.3. The lowest BCUT2D eigenvalue weighted by Gasteiger charge is -2.56. The number of anilines is 2. The Hall–Kier alpha value is -3.78. The van der Waals surface area contributed by atoms with Gasteiger partial charge in [-0.25, -0.2) is 9.97 Å². The summed E-state index contributed by atoms with van der Waals surface area (Å²) in [6, 6.07) is 17.8. The molecule has 6 rings (SSSR count). The van der Waals surface area contributed by atoms with E-state index in [-0.39, 0.29) is 5.91 Å². The van der Waals surface area contributed by atoms with Crippen molar-refractivity contribution in [2.45, 2.75) is 0 Å². The van der Waals surface area contributed by atoms with Crippen molar-refractivity contribution in [3.63, 3.8) is 0 Å². The first kappa shape index (κ1) is 20.8. The van der Waals surface area contributed by atoms with Crippen LogP contribution < -0.4 is 15.0 Å². The van der Waals surface area contributed by atoms with Crippen LogP contribution in [-0.2, 0) is 4.79 Å². The molecule has 4 heterocycles. The summed E-state index contributed by atoms with van der Waals surface area (Å²) in [5.41, 5.74) is 5.20. The molecule has 0 aliphatic carbocycles. The third kappa shape index (κ3) is 3.80. The number of H-pyrrole nitrogens is 1. The Kier molecular flexibility index (Phi) is 5.03. The highest BCUT2D eigenvalue weighted by atomic mass is 32.2. The van der Waals surface area contributed by atoms with Gasteiger partial charge in [-0.15, -0.1) is 0 Å². The highest BCUT2D eigenvalue weighted by molar-refractivity contribution is 8.00. The zero-order valence-electron chi connectivity index (χ0n) is 18.5. The molecule has 0 unspecified atom stereocenters. The number of aromatic nitrogens is 3. The van der Waals surface area contributed by atoms with Gasteiger partial charge in [0.1, 0.15) is 17.7 Å². The number of aromatic amines is 1. The van der Waals surface area contributed by atoms with Crippen LogP contribution in [-0.4, -0.2) is 45.5 Å². The van der Waals surface area contributed by atoms with Crippen LogP contribution in [0.2, 0.25) is 0 Å². The quantitative estimate of drug-likeness (QED) is 0.383. The molecule has 1 spiro atoms. The maximum absolute atomic E-state index is 11.6. The minimum absolute atomic E-state index is 0.279. The van der Waals surface area contributed by atoms with Crippen LogP contribution >= 0.6 is 11.8 Å². The summed E-state index contributed by atoms with van der Waals surface area (Å²) in [7, 11) is 0. The minimum atomic E-state index is -0.279. The van der Waals surface area contributed by atoms with Gasteiger partial charge in [0.2, 0.25) is 11.8 Å². The van der Waals surface area contributed by atoms with Crippen molar-refractivity contribution in [1.29, 1.82) is 0 Å². The van der Waals surface area contributed by atoms with E-state index in [4.69, 9.17) is 4.74 Å². The van der Waals surface area contributed by atoms with Gasteiger partial charge in [-0.3, -0.25) is 4.79 Å². The fourth-order valence-electron chi connectivity index (χ4n) is 4.47. The predicted octanol–water partition coefficient (Wildman–Crippen LogP) is 5.09. The second-order valence-corrected chi connectivity index (χ2v) is 9.83. The molecule has 2 fully saturated rings. The van der Waals surface area contributed by atoms with Crippen LogP contribution in [0.15, 0.2) is 73.6 Å². The summed E-state index contributed by atoms with van der Waals surface area (Å²) in [6.45, 7) is 5.81. The molecule has 0 bridgehead atoms. The van der Waals surface area contributed by atoms with Crippen molar-refractivity contribution in [3.8, 4) is 22.9 Å². The summed E-state index contributed by atoms with van der Waals surface area (Å²) < 4.78 is 6.05. The smallest absolute Gasteiger partial charge is 0.247 e. The van der Waals surface area contributed by atoms with Crippen LogP contribution in [0.3, 0.4) is 0 Å². The number of hydrogen-bond donors (Lipinski definition) is 2. The van der Waals surface area contributed by atoms with Gasteiger partial charge in [0.05, 0.1) is 5.39 Å². The van der Waals surface area contributed by atoms with Gasteiger partial charge in [0.15, 0.2) is 0 Å². The Morgan fingerprint density at radius 3 is 2.71 bits per heavy atom. The first-order chi connectivity index (χ1) is 16.6. The Labute approximate surface area is 201 Å². The molecular weight excluding hydrogens is 446 g/mol. The first-order valence-corrected chi connectivity index (χ1v) is 12.2. The molecule has 7 nitrogen and oxygen atoms in total. The molecule has 0 radical (unpaired) electrons. The average molecular weight is 470 g/mol. The lowest BCUT2D eigenvalue weighted by atomic mass is 9.82. The summed E-state index contributed by atoms with van der Waals surface area (Å²) >= 11 is 2.05. The first-order valence-electron chi connectivity index (χ1n) is 11.1. The predicted molar refractivity (Wildman–Crippen MR) is 137 cm³/mol. The molecule has 0 saturated carbocycles. The molecule has 2 aliphatic rings. The zero-order chi connectivity index (χ0) is 23.1. The fourth-order valence-corrected chi connectivity index (χ4v) is 5.61. The summed E-state index contributed by atoms with van der Waals surface area (Å²) in [4.78, 5) is 26.1. The molecule has 0 atom stereocenters. The Morgan fingerprint density at radius 1 is 1.15 bits per heavy atom. The van der Waals surface area contributed by atoms with Gasteiger partial charge in [-0.1, -0.05) is 24.8 Å². The second kappa shape index (κ2) is 8.22. The van der Waals surface area contributed by atoms with Gasteiger partial charge < -0.3 is 19.9 Å². The second-order valence-electron chi connectivity index (χ2n) is 8.84. The molecule has 2 aliphatic heterocycles. The highest BCUT2D eigenvalue weighted by Crippen LogP contribution is 2.46. The van der Waals surface area contributed by atoms with Gasteiger partial charge in [0, 0.05) is 53.1 Å². The fraction of sp³-hybridized carbons (Fsp3) is 0.192. The molecule has 2 aromatic carbocycles. The van der Waals surface area contributed by atoms with Crippen LogP contribution in [0.25, 0.3) is 22.3 Å². The van der Waals surface area contributed by atoms with Crippen molar-refractivity contribution in [2.75, 3.05) is 34.8 Å². The summed E-state index contributed by atoms with van der Waals surface area (Å²) in [6.07, 6.45) is 2.70. The number of nitrogens with zero attached hydrogens (tertiary/aromatic N) is 3. The Bertz CT molecular complexity index is 1390. The number of rotatable bonds is 6. The normalized spacial score (nSPS) is 16.1. The van der Waals surface area contributed by atoms with Crippen LogP contribution in [0.4, 0.5) is 11.4 Å². The molecule has 8 heteroatoms. The summed E-state index contributed by atoms with van der Waals surface area (Å²) in [5, 5.41) is 3.52.